The standard InChI is InChI=1S/C17H17N3O4S/c1-3-24-13-9-7-12(8-10-13)18-17(25)19-16(21)14-5-4-6-15(11(14)2)20(22)23/h4-10H,3H2,1-2H3,(H2,18,19,21,25). The second kappa shape index (κ2) is 8.20. The Morgan fingerprint density at radius 1 is 1.24 bits per heavy atom. The minimum atomic E-state index is -0.525. The molecule has 0 atom stereocenters. The van der Waals surface area contributed by atoms with Crippen LogP contribution in [-0.4, -0.2) is 22.5 Å². The lowest BCUT2D eigenvalue weighted by molar-refractivity contribution is -0.385. The van der Waals surface area contributed by atoms with E-state index < -0.39 is 10.8 Å². The largest absolute Gasteiger partial charge is 0.494 e. The third-order valence-electron chi connectivity index (χ3n) is 3.40. The first kappa shape index (κ1) is 18.3. The fourth-order valence-corrected chi connectivity index (χ4v) is 2.41. The van der Waals surface area contributed by atoms with Crippen molar-refractivity contribution < 1.29 is 14.5 Å². The van der Waals surface area contributed by atoms with Crippen molar-refractivity contribution in [2.75, 3.05) is 11.9 Å². The number of nitro groups is 1. The van der Waals surface area contributed by atoms with Crippen LogP contribution in [0.2, 0.25) is 0 Å². The Kier molecular flexibility index (Phi) is 6.02. The molecule has 130 valence electrons. The number of anilines is 1. The van der Waals surface area contributed by atoms with E-state index in [1.807, 2.05) is 6.92 Å². The minimum Gasteiger partial charge on any atom is -0.494 e. The summed E-state index contributed by atoms with van der Waals surface area (Å²) in [4.78, 5) is 22.7. The van der Waals surface area contributed by atoms with Gasteiger partial charge in [-0.2, -0.15) is 0 Å². The molecule has 0 bridgehead atoms. The van der Waals surface area contributed by atoms with Crippen molar-refractivity contribution in [3.05, 3.63) is 63.7 Å². The average molecular weight is 359 g/mol. The molecule has 25 heavy (non-hydrogen) atoms. The molecule has 2 rings (SSSR count). The van der Waals surface area contributed by atoms with Gasteiger partial charge < -0.3 is 10.1 Å². The predicted octanol–water partition coefficient (Wildman–Crippen LogP) is 3.43. The quantitative estimate of drug-likeness (QED) is 0.483. The second-order valence-corrected chi connectivity index (χ2v) is 5.48. The van der Waals surface area contributed by atoms with E-state index in [2.05, 4.69) is 10.6 Å². The predicted molar refractivity (Wildman–Crippen MR) is 99.1 cm³/mol. The number of hydrogen-bond acceptors (Lipinski definition) is 5. The summed E-state index contributed by atoms with van der Waals surface area (Å²) in [6.07, 6.45) is 0. The van der Waals surface area contributed by atoms with E-state index in [1.165, 1.54) is 25.1 Å². The van der Waals surface area contributed by atoms with Gasteiger partial charge in [-0.1, -0.05) is 6.07 Å². The molecule has 0 spiro atoms. The third kappa shape index (κ3) is 4.74. The smallest absolute Gasteiger partial charge is 0.273 e. The average Bonchev–Trinajstić information content (AvgIpc) is 2.56. The van der Waals surface area contributed by atoms with Gasteiger partial charge >= 0.3 is 0 Å². The number of amides is 1. The maximum Gasteiger partial charge on any atom is 0.273 e. The van der Waals surface area contributed by atoms with Crippen molar-refractivity contribution in [3.63, 3.8) is 0 Å². The van der Waals surface area contributed by atoms with E-state index in [4.69, 9.17) is 17.0 Å². The summed E-state index contributed by atoms with van der Waals surface area (Å²) >= 11 is 5.12. The number of carbonyl (C=O) groups is 1. The summed E-state index contributed by atoms with van der Waals surface area (Å²) in [6.45, 7) is 3.99. The van der Waals surface area contributed by atoms with E-state index in [0.717, 1.165) is 5.75 Å². The van der Waals surface area contributed by atoms with Crippen molar-refractivity contribution in [1.29, 1.82) is 0 Å². The Morgan fingerprint density at radius 2 is 1.92 bits per heavy atom. The molecular weight excluding hydrogens is 342 g/mol. The lowest BCUT2D eigenvalue weighted by Gasteiger charge is -2.11. The number of carbonyl (C=O) groups excluding carboxylic acids is 1. The van der Waals surface area contributed by atoms with Crippen LogP contribution in [0.1, 0.15) is 22.8 Å². The van der Waals surface area contributed by atoms with Crippen LogP contribution in [0.25, 0.3) is 0 Å². The van der Waals surface area contributed by atoms with Gasteiger partial charge in [0.25, 0.3) is 11.6 Å². The van der Waals surface area contributed by atoms with Crippen LogP contribution in [0.3, 0.4) is 0 Å². The molecule has 0 radical (unpaired) electrons. The molecule has 0 saturated carbocycles. The topological polar surface area (TPSA) is 93.5 Å². The van der Waals surface area contributed by atoms with Crippen molar-refractivity contribution in [2.45, 2.75) is 13.8 Å². The Morgan fingerprint density at radius 3 is 2.52 bits per heavy atom. The zero-order valence-corrected chi connectivity index (χ0v) is 14.6. The lowest BCUT2D eigenvalue weighted by atomic mass is 10.1. The van der Waals surface area contributed by atoms with Crippen LogP contribution in [0.5, 0.6) is 5.75 Å². The number of ether oxygens (including phenoxy) is 1. The normalized spacial score (nSPS) is 10.0. The van der Waals surface area contributed by atoms with Crippen molar-refractivity contribution >= 4 is 34.6 Å². The molecule has 0 unspecified atom stereocenters. The third-order valence-corrected chi connectivity index (χ3v) is 3.60. The molecule has 2 aromatic carbocycles. The van der Waals surface area contributed by atoms with Gasteiger partial charge in [0.2, 0.25) is 0 Å². The van der Waals surface area contributed by atoms with Crippen molar-refractivity contribution in [1.82, 2.24) is 5.32 Å². The van der Waals surface area contributed by atoms with Crippen LogP contribution in [0, 0.1) is 17.0 Å². The molecule has 0 aliphatic carbocycles. The van der Waals surface area contributed by atoms with Gasteiger partial charge in [0.05, 0.1) is 11.5 Å². The Labute approximate surface area is 150 Å². The van der Waals surface area contributed by atoms with Gasteiger partial charge in [-0.15, -0.1) is 0 Å². The number of hydrogen-bond donors (Lipinski definition) is 2. The number of thiocarbonyl (C=S) groups is 1. The van der Waals surface area contributed by atoms with Crippen LogP contribution in [0.4, 0.5) is 11.4 Å². The molecule has 0 heterocycles. The molecule has 1 amide bonds. The number of nitrogens with one attached hydrogen (secondary N) is 2. The molecular formula is C17H17N3O4S. The van der Waals surface area contributed by atoms with E-state index in [-0.39, 0.29) is 21.9 Å². The lowest BCUT2D eigenvalue weighted by Crippen LogP contribution is -2.34. The summed E-state index contributed by atoms with van der Waals surface area (Å²) in [6, 6.07) is 11.4. The van der Waals surface area contributed by atoms with Gasteiger partial charge in [0.1, 0.15) is 5.75 Å². The highest BCUT2D eigenvalue weighted by molar-refractivity contribution is 7.80. The number of rotatable bonds is 5. The van der Waals surface area contributed by atoms with Gasteiger partial charge in [-0.05, 0) is 56.4 Å². The molecule has 0 aromatic heterocycles. The van der Waals surface area contributed by atoms with Crippen LogP contribution in [0.15, 0.2) is 42.5 Å². The fourth-order valence-electron chi connectivity index (χ4n) is 2.20. The van der Waals surface area contributed by atoms with Crippen LogP contribution in [-0.2, 0) is 0 Å². The van der Waals surface area contributed by atoms with Crippen LogP contribution < -0.4 is 15.4 Å². The zero-order chi connectivity index (χ0) is 18.4. The summed E-state index contributed by atoms with van der Waals surface area (Å²) in [5.74, 6) is 0.222. The van der Waals surface area contributed by atoms with E-state index in [9.17, 15) is 14.9 Å². The van der Waals surface area contributed by atoms with Gasteiger partial charge in [-0.3, -0.25) is 20.2 Å². The number of nitro benzene ring substituents is 1. The molecule has 0 fully saturated rings. The second-order valence-electron chi connectivity index (χ2n) is 5.07. The maximum absolute atomic E-state index is 12.3. The summed E-state index contributed by atoms with van der Waals surface area (Å²) < 4.78 is 5.35. The number of nitrogens with zero attached hydrogens (tertiary/aromatic N) is 1. The highest BCUT2D eigenvalue weighted by Gasteiger charge is 2.18. The highest BCUT2D eigenvalue weighted by atomic mass is 32.1. The van der Waals surface area contributed by atoms with E-state index in [1.54, 1.807) is 24.3 Å². The Balaban J connectivity index is 2.04. The SMILES string of the molecule is CCOc1ccc(NC(=S)NC(=O)c2cccc([N+](=O)[O-])c2C)cc1. The molecule has 0 saturated heterocycles. The molecule has 2 N–H and O–H groups in total. The Bertz CT molecular complexity index is 806. The molecule has 0 aliphatic rings. The first-order valence-corrected chi connectivity index (χ1v) is 7.92. The van der Waals surface area contributed by atoms with E-state index in [0.29, 0.717) is 12.3 Å². The van der Waals surface area contributed by atoms with Gasteiger partial charge in [-0.25, -0.2) is 0 Å². The van der Waals surface area contributed by atoms with E-state index >= 15 is 0 Å². The summed E-state index contributed by atoms with van der Waals surface area (Å²) in [7, 11) is 0. The van der Waals surface area contributed by atoms with Crippen molar-refractivity contribution in [3.8, 4) is 5.75 Å². The first-order chi connectivity index (χ1) is 11.9. The Hall–Kier alpha value is -3.00. The van der Waals surface area contributed by atoms with Crippen LogP contribution >= 0.6 is 12.2 Å². The first-order valence-electron chi connectivity index (χ1n) is 7.51. The molecule has 2 aromatic rings. The van der Waals surface area contributed by atoms with Gasteiger partial charge in [0, 0.05) is 22.9 Å². The number of benzene rings is 2. The molecule has 7 nitrogen and oxygen atoms in total. The maximum atomic E-state index is 12.3. The summed E-state index contributed by atoms with van der Waals surface area (Å²) in [5, 5.41) is 16.5. The fraction of sp³-hybridized carbons (Fsp3) is 0.176. The summed E-state index contributed by atoms with van der Waals surface area (Å²) in [5.41, 5.74) is 1.06. The zero-order valence-electron chi connectivity index (χ0n) is 13.7. The van der Waals surface area contributed by atoms with Crippen molar-refractivity contribution in [2.24, 2.45) is 0 Å². The minimum absolute atomic E-state index is 0.0973. The van der Waals surface area contributed by atoms with Gasteiger partial charge in [0.15, 0.2) is 5.11 Å². The molecule has 0 aliphatic heterocycles. The monoisotopic (exact) mass is 359 g/mol. The molecule has 8 heteroatoms. The highest BCUT2D eigenvalue weighted by Crippen LogP contribution is 2.21.